The van der Waals surface area contributed by atoms with Crippen molar-refractivity contribution < 1.29 is 14.3 Å². The van der Waals surface area contributed by atoms with Gasteiger partial charge in [-0.25, -0.2) is 9.48 Å². The van der Waals surface area contributed by atoms with Crippen LogP contribution in [0.2, 0.25) is 0 Å². The summed E-state index contributed by atoms with van der Waals surface area (Å²) < 4.78 is 6.95. The highest BCUT2D eigenvalue weighted by atomic mass is 16.5. The molecule has 0 spiro atoms. The Morgan fingerprint density at radius 3 is 2.60 bits per heavy atom. The van der Waals surface area contributed by atoms with Crippen molar-refractivity contribution in [2.45, 2.75) is 19.3 Å². The van der Waals surface area contributed by atoms with Gasteiger partial charge in [-0.05, 0) is 43.5 Å². The molecule has 3 amide bonds. The molecule has 0 radical (unpaired) electrons. The van der Waals surface area contributed by atoms with E-state index in [1.54, 1.807) is 27.8 Å². The molecule has 30 heavy (non-hydrogen) atoms. The highest BCUT2D eigenvalue weighted by Gasteiger charge is 2.41. The molecule has 5 rings (SSSR count). The number of benzene rings is 1. The summed E-state index contributed by atoms with van der Waals surface area (Å²) in [6.07, 6.45) is 4.89. The molecular formula is C21H24N6O3. The predicted molar refractivity (Wildman–Crippen MR) is 111 cm³/mol. The highest BCUT2D eigenvalue weighted by Crippen LogP contribution is 2.33. The summed E-state index contributed by atoms with van der Waals surface area (Å²) in [7, 11) is 1.62. The molecule has 4 heterocycles. The topological polar surface area (TPSA) is 83.3 Å². The molecule has 9 heteroatoms. The van der Waals surface area contributed by atoms with Crippen LogP contribution in [0, 0.1) is 0 Å². The normalized spacial score (nSPS) is 18.2. The van der Waals surface area contributed by atoms with Crippen molar-refractivity contribution in [3.05, 3.63) is 36.0 Å². The Morgan fingerprint density at radius 1 is 1.10 bits per heavy atom. The average molecular weight is 408 g/mol. The summed E-state index contributed by atoms with van der Waals surface area (Å²) in [6.45, 7) is 2.58. The van der Waals surface area contributed by atoms with Crippen LogP contribution in [0.15, 0.2) is 35.5 Å². The number of carbonyl (C=O) groups excluding carboxylic acids is 2. The molecule has 9 nitrogen and oxygen atoms in total. The number of fused-ring (bicyclic) bond motifs is 3. The molecule has 156 valence electrons. The molecule has 2 aromatic rings. The van der Waals surface area contributed by atoms with E-state index in [0.717, 1.165) is 49.4 Å². The highest BCUT2D eigenvalue weighted by molar-refractivity contribution is 6.20. The molecule has 0 saturated carbocycles. The number of aliphatic imine (C=N–C) groups is 1. The van der Waals surface area contributed by atoms with Crippen LogP contribution < -0.4 is 9.64 Å². The van der Waals surface area contributed by atoms with E-state index in [2.05, 4.69) is 10.1 Å². The van der Waals surface area contributed by atoms with Gasteiger partial charge in [0.05, 0.1) is 31.1 Å². The SMILES string of the molecule is COc1ccc(-n2ncc3c2N(CC(=O)N2CCCCC2)C(=O)N2CCN=C32)cc1. The molecule has 0 aliphatic carbocycles. The zero-order valence-corrected chi connectivity index (χ0v) is 17.0. The largest absolute Gasteiger partial charge is 0.497 e. The lowest BCUT2D eigenvalue weighted by Crippen LogP contribution is -2.54. The summed E-state index contributed by atoms with van der Waals surface area (Å²) >= 11 is 0. The second-order valence-corrected chi connectivity index (χ2v) is 7.66. The number of hydrogen-bond acceptors (Lipinski definition) is 5. The minimum atomic E-state index is -0.223. The Labute approximate surface area is 174 Å². The number of urea groups is 1. The van der Waals surface area contributed by atoms with Gasteiger partial charge in [0.1, 0.15) is 18.1 Å². The monoisotopic (exact) mass is 408 g/mol. The van der Waals surface area contributed by atoms with Crippen LogP contribution in [-0.4, -0.2) is 77.2 Å². The number of amidine groups is 1. The second kappa shape index (κ2) is 7.47. The third kappa shape index (κ3) is 3.01. The van der Waals surface area contributed by atoms with Crippen LogP contribution in [0.5, 0.6) is 5.75 Å². The van der Waals surface area contributed by atoms with Crippen molar-refractivity contribution in [2.75, 3.05) is 44.7 Å². The maximum absolute atomic E-state index is 13.3. The summed E-state index contributed by atoms with van der Waals surface area (Å²) in [5.41, 5.74) is 1.56. The van der Waals surface area contributed by atoms with Crippen LogP contribution in [0.25, 0.3) is 5.69 Å². The lowest BCUT2D eigenvalue weighted by molar-refractivity contribution is -0.130. The Kier molecular flexibility index (Phi) is 4.65. The molecule has 1 fully saturated rings. The van der Waals surface area contributed by atoms with Crippen molar-refractivity contribution in [2.24, 2.45) is 4.99 Å². The third-order valence-electron chi connectivity index (χ3n) is 5.86. The van der Waals surface area contributed by atoms with Crippen molar-refractivity contribution in [1.82, 2.24) is 19.6 Å². The van der Waals surface area contributed by atoms with Crippen molar-refractivity contribution in [3.8, 4) is 11.4 Å². The summed E-state index contributed by atoms with van der Waals surface area (Å²) in [6, 6.07) is 7.22. The molecule has 1 aromatic heterocycles. The van der Waals surface area contributed by atoms with Gasteiger partial charge in [0.25, 0.3) is 0 Å². The number of carbonyl (C=O) groups is 2. The molecule has 0 unspecified atom stereocenters. The first kappa shape index (κ1) is 18.7. The molecule has 3 aliphatic heterocycles. The quantitative estimate of drug-likeness (QED) is 0.774. The van der Waals surface area contributed by atoms with E-state index >= 15 is 0 Å². The molecular weight excluding hydrogens is 384 g/mol. The van der Waals surface area contributed by atoms with Gasteiger partial charge in [0.2, 0.25) is 5.91 Å². The fourth-order valence-electron chi connectivity index (χ4n) is 4.29. The van der Waals surface area contributed by atoms with Crippen molar-refractivity contribution in [3.63, 3.8) is 0 Å². The Morgan fingerprint density at radius 2 is 1.87 bits per heavy atom. The number of anilines is 1. The average Bonchev–Trinajstić information content (AvgIpc) is 3.44. The number of methoxy groups -OCH3 is 1. The molecule has 0 N–H and O–H groups in total. The number of piperidine rings is 1. The van der Waals surface area contributed by atoms with Crippen molar-refractivity contribution >= 4 is 23.6 Å². The Balaban J connectivity index is 1.54. The number of ether oxygens (including phenoxy) is 1. The van der Waals surface area contributed by atoms with E-state index in [4.69, 9.17) is 4.74 Å². The van der Waals surface area contributed by atoms with Crippen LogP contribution >= 0.6 is 0 Å². The number of nitrogens with zero attached hydrogens (tertiary/aromatic N) is 6. The first-order valence-electron chi connectivity index (χ1n) is 10.3. The summed E-state index contributed by atoms with van der Waals surface area (Å²) in [5.74, 6) is 1.93. The smallest absolute Gasteiger partial charge is 0.331 e. The van der Waals surface area contributed by atoms with Gasteiger partial charge < -0.3 is 9.64 Å². The molecule has 3 aliphatic rings. The first-order valence-corrected chi connectivity index (χ1v) is 10.3. The molecule has 1 saturated heterocycles. The lowest BCUT2D eigenvalue weighted by Gasteiger charge is -2.35. The van der Waals surface area contributed by atoms with Gasteiger partial charge in [-0.15, -0.1) is 0 Å². The van der Waals surface area contributed by atoms with Gasteiger partial charge in [-0.1, -0.05) is 0 Å². The number of rotatable bonds is 4. The fourth-order valence-corrected chi connectivity index (χ4v) is 4.29. The van der Waals surface area contributed by atoms with E-state index in [1.807, 2.05) is 29.2 Å². The maximum atomic E-state index is 13.3. The number of amides is 3. The van der Waals surface area contributed by atoms with E-state index in [9.17, 15) is 9.59 Å². The third-order valence-corrected chi connectivity index (χ3v) is 5.86. The Bertz CT molecular complexity index is 1010. The number of hydrogen-bond donors (Lipinski definition) is 0. The second-order valence-electron chi connectivity index (χ2n) is 7.66. The zero-order valence-electron chi connectivity index (χ0n) is 17.0. The van der Waals surface area contributed by atoms with Crippen LogP contribution in [-0.2, 0) is 4.79 Å². The summed E-state index contributed by atoms with van der Waals surface area (Å²) in [4.78, 5) is 35.9. The van der Waals surface area contributed by atoms with Gasteiger partial charge in [-0.2, -0.15) is 5.10 Å². The van der Waals surface area contributed by atoms with E-state index in [0.29, 0.717) is 24.7 Å². The van der Waals surface area contributed by atoms with E-state index in [1.165, 1.54) is 0 Å². The lowest BCUT2D eigenvalue weighted by atomic mass is 10.1. The predicted octanol–water partition coefficient (Wildman–Crippen LogP) is 1.90. The van der Waals surface area contributed by atoms with Crippen molar-refractivity contribution in [1.29, 1.82) is 0 Å². The molecule has 0 atom stereocenters. The summed E-state index contributed by atoms with van der Waals surface area (Å²) in [5, 5.41) is 4.54. The van der Waals surface area contributed by atoms with Gasteiger partial charge >= 0.3 is 6.03 Å². The van der Waals surface area contributed by atoms with Crippen LogP contribution in [0.1, 0.15) is 24.8 Å². The number of aromatic nitrogens is 2. The Hall–Kier alpha value is -3.36. The van der Waals surface area contributed by atoms with E-state index < -0.39 is 0 Å². The minimum Gasteiger partial charge on any atom is -0.497 e. The first-order chi connectivity index (χ1) is 14.7. The minimum absolute atomic E-state index is 0.00252. The molecule has 0 bridgehead atoms. The fraction of sp³-hybridized carbons (Fsp3) is 0.429. The van der Waals surface area contributed by atoms with Crippen LogP contribution in [0.3, 0.4) is 0 Å². The van der Waals surface area contributed by atoms with Crippen LogP contribution in [0.4, 0.5) is 10.6 Å². The van der Waals surface area contributed by atoms with Gasteiger partial charge in [0.15, 0.2) is 5.82 Å². The zero-order chi connectivity index (χ0) is 20.7. The van der Waals surface area contributed by atoms with Gasteiger partial charge in [-0.3, -0.25) is 19.6 Å². The number of likely N-dealkylation sites (tertiary alicyclic amines) is 1. The molecule has 1 aromatic carbocycles. The standard InChI is InChI=1S/C21H24N6O3/c1-30-16-7-5-15(6-8-16)27-20-17(13-23-27)19-22-9-12-25(19)21(29)26(20)14-18(28)24-10-3-2-4-11-24/h5-8,13H,2-4,9-12,14H2,1H3. The van der Waals surface area contributed by atoms with E-state index in [-0.39, 0.29) is 18.5 Å². The van der Waals surface area contributed by atoms with Gasteiger partial charge in [0, 0.05) is 19.6 Å². The maximum Gasteiger partial charge on any atom is 0.331 e.